The number of amides is 2. The summed E-state index contributed by atoms with van der Waals surface area (Å²) in [7, 11) is 0. The maximum Gasteiger partial charge on any atom is 0.220 e. The van der Waals surface area contributed by atoms with Gasteiger partial charge in [-0.25, -0.2) is 0 Å². The average Bonchev–Trinajstić information content (AvgIpc) is 2.90. The maximum absolute atomic E-state index is 11.7. The van der Waals surface area contributed by atoms with Crippen molar-refractivity contribution >= 4 is 11.8 Å². The van der Waals surface area contributed by atoms with E-state index in [9.17, 15) is 9.59 Å². The highest BCUT2D eigenvalue weighted by Crippen LogP contribution is 2.14. The fourth-order valence-electron chi connectivity index (χ4n) is 3.99. The lowest BCUT2D eigenvalue weighted by Gasteiger charge is -2.06. The van der Waals surface area contributed by atoms with Crippen LogP contribution in [-0.2, 0) is 19.1 Å². The van der Waals surface area contributed by atoms with Gasteiger partial charge in [0, 0.05) is 25.9 Å². The topological polar surface area (TPSA) is 120 Å². The monoisotopic (exact) mass is 541 g/mol. The van der Waals surface area contributed by atoms with Crippen molar-refractivity contribution in [3.05, 3.63) is 23.3 Å². The van der Waals surface area contributed by atoms with Gasteiger partial charge in [0.25, 0.3) is 0 Å². The zero-order valence-corrected chi connectivity index (χ0v) is 24.3. The number of nitrogens with one attached hydrogen (secondary N) is 2. The van der Waals surface area contributed by atoms with Crippen molar-refractivity contribution in [3.63, 3.8) is 0 Å². The zero-order chi connectivity index (χ0) is 28.1. The molecule has 0 atom stereocenters. The number of ether oxygens (including phenoxy) is 2. The molecule has 0 bridgehead atoms. The summed E-state index contributed by atoms with van der Waals surface area (Å²) >= 11 is 0. The standard InChI is InChI=1S/C30H56N2O6/c1-27(13-7-3-5-9-17-29(35)31-19-23-37-25-21-33)15-11-12-16-28(2)14-8-4-6-10-18-30(36)32-20-24-38-26-22-34/h15-16,33-34H,3-14,17-26H2,1-2H3,(H,31,35)(H,32,36)/p+1/b27-15+,28-16+. The molecule has 0 saturated heterocycles. The summed E-state index contributed by atoms with van der Waals surface area (Å²) < 4.78 is 10.3. The summed E-state index contributed by atoms with van der Waals surface area (Å²) in [6.07, 6.45) is 19.0. The number of rotatable bonds is 27. The molecule has 0 unspecified atom stereocenters. The molecule has 8 nitrogen and oxygen atoms in total. The minimum absolute atomic E-state index is 0.0125. The first kappa shape index (κ1) is 36.3. The Morgan fingerprint density at radius 1 is 0.658 bits per heavy atom. The predicted octanol–water partition coefficient (Wildman–Crippen LogP) is 4.32. The van der Waals surface area contributed by atoms with Gasteiger partial charge in [-0.3, -0.25) is 9.59 Å². The molecule has 222 valence electrons. The van der Waals surface area contributed by atoms with Crippen LogP contribution in [0.2, 0.25) is 0 Å². The third kappa shape index (κ3) is 27.3. The van der Waals surface area contributed by atoms with Gasteiger partial charge < -0.3 is 30.3 Å². The molecule has 38 heavy (non-hydrogen) atoms. The SMILES string of the molecule is C/C(=C\CC/C=C(\C)CCCCCCC(=O)NCCOCC[OH2+])CCCCCCC(=O)NCCOCCO. The first-order valence-electron chi connectivity index (χ1n) is 14.7. The molecule has 0 aliphatic carbocycles. The molecule has 2 amide bonds. The smallest absolute Gasteiger partial charge is 0.220 e. The number of hydrogen-bond donors (Lipinski definition) is 3. The van der Waals surface area contributed by atoms with Gasteiger partial charge in [-0.05, 0) is 65.2 Å². The summed E-state index contributed by atoms with van der Waals surface area (Å²) in [6, 6.07) is 0. The van der Waals surface area contributed by atoms with Gasteiger partial charge in [-0.15, -0.1) is 0 Å². The van der Waals surface area contributed by atoms with Crippen LogP contribution in [-0.4, -0.2) is 74.8 Å². The lowest BCUT2D eigenvalue weighted by molar-refractivity contribution is -0.122. The molecule has 0 aromatic heterocycles. The lowest BCUT2D eigenvalue weighted by Crippen LogP contribution is -2.27. The summed E-state index contributed by atoms with van der Waals surface area (Å²) in [4.78, 5) is 23.5. The minimum Gasteiger partial charge on any atom is -0.444 e. The second kappa shape index (κ2) is 28.3. The molecular formula is C30H57N2O6+. The van der Waals surface area contributed by atoms with Crippen LogP contribution in [0.4, 0.5) is 0 Å². The molecule has 0 heterocycles. The Labute approximate surface area is 231 Å². The van der Waals surface area contributed by atoms with Gasteiger partial charge in [-0.2, -0.15) is 0 Å². The van der Waals surface area contributed by atoms with Crippen LogP contribution < -0.4 is 10.6 Å². The fourth-order valence-corrected chi connectivity index (χ4v) is 3.99. The molecule has 5 N–H and O–H groups in total. The van der Waals surface area contributed by atoms with Gasteiger partial charge in [-0.1, -0.05) is 49.0 Å². The molecule has 0 spiro atoms. The number of carbonyl (C=O) groups is 2. The molecular weight excluding hydrogens is 484 g/mol. The molecule has 8 heteroatoms. The highest BCUT2D eigenvalue weighted by Gasteiger charge is 2.02. The van der Waals surface area contributed by atoms with Crippen molar-refractivity contribution in [1.29, 1.82) is 0 Å². The number of carbonyl (C=O) groups excluding carboxylic acids is 2. The zero-order valence-electron chi connectivity index (χ0n) is 24.3. The van der Waals surface area contributed by atoms with E-state index in [2.05, 4.69) is 36.6 Å². The number of unbranched alkanes of at least 4 members (excludes halogenated alkanes) is 7. The van der Waals surface area contributed by atoms with Gasteiger partial charge in [0.1, 0.15) is 6.61 Å². The molecule has 0 fully saturated rings. The van der Waals surface area contributed by atoms with E-state index in [-0.39, 0.29) is 25.0 Å². The minimum atomic E-state index is 0.0125. The molecule has 0 aliphatic heterocycles. The Balaban J connectivity index is 3.60. The summed E-state index contributed by atoms with van der Waals surface area (Å²) in [5.41, 5.74) is 2.92. The van der Waals surface area contributed by atoms with Crippen molar-refractivity contribution in [2.75, 3.05) is 52.7 Å². The summed E-state index contributed by atoms with van der Waals surface area (Å²) in [5.74, 6) is 0.175. The quantitative estimate of drug-likeness (QED) is 0.0813. The van der Waals surface area contributed by atoms with Crippen LogP contribution in [0.5, 0.6) is 0 Å². The van der Waals surface area contributed by atoms with E-state index in [1.165, 1.54) is 24.0 Å². The molecule has 0 aromatic rings. The van der Waals surface area contributed by atoms with E-state index in [1.54, 1.807) is 0 Å². The third-order valence-electron chi connectivity index (χ3n) is 6.22. The molecule has 0 saturated carbocycles. The Hall–Kier alpha value is -1.74. The summed E-state index contributed by atoms with van der Waals surface area (Å²) in [5, 5.41) is 21.3. The van der Waals surface area contributed by atoms with Gasteiger partial charge in [0.05, 0.1) is 26.4 Å². The second-order valence-corrected chi connectivity index (χ2v) is 9.90. The van der Waals surface area contributed by atoms with E-state index in [4.69, 9.17) is 19.7 Å². The van der Waals surface area contributed by atoms with Crippen LogP contribution in [0.3, 0.4) is 0 Å². The normalized spacial score (nSPS) is 12.1. The highest BCUT2D eigenvalue weighted by atomic mass is 16.5. The molecule has 0 rings (SSSR count). The largest absolute Gasteiger partial charge is 0.444 e. The maximum atomic E-state index is 11.7. The van der Waals surface area contributed by atoms with Gasteiger partial charge >= 0.3 is 0 Å². The van der Waals surface area contributed by atoms with Crippen LogP contribution >= 0.6 is 0 Å². The molecule has 0 radical (unpaired) electrons. The van der Waals surface area contributed by atoms with Crippen LogP contribution in [0, 0.1) is 0 Å². The van der Waals surface area contributed by atoms with Gasteiger partial charge in [0.2, 0.25) is 11.8 Å². The number of aliphatic hydroxyl groups is 1. The predicted molar refractivity (Wildman–Crippen MR) is 155 cm³/mol. The molecule has 0 aliphatic rings. The van der Waals surface area contributed by atoms with E-state index in [0.717, 1.165) is 64.2 Å². The van der Waals surface area contributed by atoms with Crippen LogP contribution in [0.25, 0.3) is 0 Å². The van der Waals surface area contributed by atoms with E-state index in [0.29, 0.717) is 52.4 Å². The Morgan fingerprint density at radius 3 is 1.50 bits per heavy atom. The van der Waals surface area contributed by atoms with Crippen molar-refractivity contribution in [2.45, 2.75) is 104 Å². The second-order valence-electron chi connectivity index (χ2n) is 9.90. The fraction of sp³-hybridized carbons (Fsp3) is 0.800. The number of allylic oxidation sites excluding steroid dienone is 4. The first-order valence-corrected chi connectivity index (χ1v) is 14.7. The van der Waals surface area contributed by atoms with E-state index < -0.39 is 0 Å². The number of hydrogen-bond acceptors (Lipinski definition) is 5. The van der Waals surface area contributed by atoms with Crippen molar-refractivity contribution in [3.8, 4) is 0 Å². The summed E-state index contributed by atoms with van der Waals surface area (Å²) in [6.45, 7) is 7.43. The van der Waals surface area contributed by atoms with Crippen molar-refractivity contribution in [1.82, 2.24) is 10.6 Å². The Kier molecular flexibility index (Phi) is 27.0. The first-order chi connectivity index (χ1) is 18.5. The van der Waals surface area contributed by atoms with Gasteiger partial charge in [0.15, 0.2) is 6.61 Å². The Morgan fingerprint density at radius 2 is 1.08 bits per heavy atom. The Bertz CT molecular complexity index is 582. The average molecular weight is 542 g/mol. The van der Waals surface area contributed by atoms with E-state index in [1.807, 2.05) is 0 Å². The molecule has 0 aromatic carbocycles. The van der Waals surface area contributed by atoms with Crippen molar-refractivity contribution in [2.24, 2.45) is 0 Å². The lowest BCUT2D eigenvalue weighted by atomic mass is 10.0. The van der Waals surface area contributed by atoms with E-state index >= 15 is 0 Å². The van der Waals surface area contributed by atoms with Crippen molar-refractivity contribution < 1.29 is 29.3 Å². The van der Waals surface area contributed by atoms with Crippen LogP contribution in [0.15, 0.2) is 23.3 Å². The third-order valence-corrected chi connectivity index (χ3v) is 6.22. The number of aliphatic hydroxyl groups excluding tert-OH is 1. The van der Waals surface area contributed by atoms with Crippen LogP contribution in [0.1, 0.15) is 104 Å². The highest BCUT2D eigenvalue weighted by molar-refractivity contribution is 5.76.